The van der Waals surface area contributed by atoms with E-state index in [4.69, 9.17) is 4.74 Å². The number of amides is 1. The van der Waals surface area contributed by atoms with Crippen molar-refractivity contribution in [1.82, 2.24) is 14.8 Å². The van der Waals surface area contributed by atoms with Crippen LogP contribution in [0.25, 0.3) is 0 Å². The van der Waals surface area contributed by atoms with Crippen molar-refractivity contribution in [3.8, 4) is 0 Å². The lowest BCUT2D eigenvalue weighted by Crippen LogP contribution is -2.45. The molecule has 0 aromatic carbocycles. The first-order chi connectivity index (χ1) is 11.2. The van der Waals surface area contributed by atoms with E-state index in [0.29, 0.717) is 5.92 Å². The molecule has 0 aliphatic carbocycles. The van der Waals surface area contributed by atoms with Crippen LogP contribution in [0, 0.1) is 5.92 Å². The monoisotopic (exact) mass is 397 g/mol. The first-order valence-corrected chi connectivity index (χ1v) is 9.29. The number of piperidine rings is 1. The second-order valence-corrected chi connectivity index (χ2v) is 8.43. The predicted molar refractivity (Wildman–Crippen MR) is 98.8 cm³/mol. The van der Waals surface area contributed by atoms with Gasteiger partial charge in [-0.1, -0.05) is 0 Å². The SMILES string of the molecule is CN(Cc1ccnc(Br)c1)C[C@@H]1CCCN(C(=O)OC(C)(C)C)C1. The van der Waals surface area contributed by atoms with Gasteiger partial charge in [0, 0.05) is 32.4 Å². The second kappa shape index (κ2) is 8.30. The molecule has 1 saturated heterocycles. The molecule has 1 atom stereocenters. The van der Waals surface area contributed by atoms with E-state index < -0.39 is 5.60 Å². The minimum atomic E-state index is -0.435. The first-order valence-electron chi connectivity index (χ1n) is 8.50. The number of hydrogen-bond donors (Lipinski definition) is 0. The summed E-state index contributed by atoms with van der Waals surface area (Å²) in [5.74, 6) is 0.488. The Balaban J connectivity index is 1.84. The zero-order valence-corrected chi connectivity index (χ0v) is 16.7. The number of carbonyl (C=O) groups is 1. The average molecular weight is 398 g/mol. The Bertz CT molecular complexity index is 559. The Kier molecular flexibility index (Phi) is 6.63. The Hall–Kier alpha value is -1.14. The molecule has 24 heavy (non-hydrogen) atoms. The van der Waals surface area contributed by atoms with Crippen LogP contribution in [0.15, 0.2) is 22.9 Å². The molecular weight excluding hydrogens is 370 g/mol. The second-order valence-electron chi connectivity index (χ2n) is 7.62. The summed E-state index contributed by atoms with van der Waals surface area (Å²) in [5, 5.41) is 0. The van der Waals surface area contributed by atoms with Crippen LogP contribution in [-0.2, 0) is 11.3 Å². The van der Waals surface area contributed by atoms with E-state index in [0.717, 1.165) is 43.6 Å². The Morgan fingerprint density at radius 3 is 2.92 bits per heavy atom. The summed E-state index contributed by atoms with van der Waals surface area (Å²) in [5.41, 5.74) is 0.800. The topological polar surface area (TPSA) is 45.7 Å². The zero-order valence-electron chi connectivity index (χ0n) is 15.1. The van der Waals surface area contributed by atoms with Crippen LogP contribution in [0.5, 0.6) is 0 Å². The minimum absolute atomic E-state index is 0.187. The molecular formula is C18H28BrN3O2. The van der Waals surface area contributed by atoms with Crippen LogP contribution in [0.1, 0.15) is 39.2 Å². The van der Waals surface area contributed by atoms with Crippen LogP contribution in [0.3, 0.4) is 0 Å². The highest BCUT2D eigenvalue weighted by molar-refractivity contribution is 9.10. The molecule has 134 valence electrons. The van der Waals surface area contributed by atoms with Crippen LogP contribution >= 0.6 is 15.9 Å². The number of aromatic nitrogens is 1. The van der Waals surface area contributed by atoms with Gasteiger partial charge in [-0.3, -0.25) is 0 Å². The minimum Gasteiger partial charge on any atom is -0.444 e. The molecule has 1 aromatic rings. The Labute approximate surface area is 153 Å². The summed E-state index contributed by atoms with van der Waals surface area (Å²) < 4.78 is 6.36. The van der Waals surface area contributed by atoms with Crippen molar-refractivity contribution in [2.45, 2.75) is 45.8 Å². The number of carbonyl (C=O) groups excluding carboxylic acids is 1. The molecule has 1 aliphatic heterocycles. The number of nitrogens with zero attached hydrogens (tertiary/aromatic N) is 3. The quantitative estimate of drug-likeness (QED) is 0.722. The molecule has 0 radical (unpaired) electrons. The fourth-order valence-electron chi connectivity index (χ4n) is 3.06. The lowest BCUT2D eigenvalue weighted by atomic mass is 9.97. The molecule has 1 aliphatic rings. The van der Waals surface area contributed by atoms with Gasteiger partial charge in [0.15, 0.2) is 0 Å². The third-order valence-corrected chi connectivity index (χ3v) is 4.42. The molecule has 0 saturated carbocycles. The fraction of sp³-hybridized carbons (Fsp3) is 0.667. The van der Waals surface area contributed by atoms with Crippen molar-refractivity contribution >= 4 is 22.0 Å². The third kappa shape index (κ3) is 6.40. The van der Waals surface area contributed by atoms with Gasteiger partial charge in [0.25, 0.3) is 0 Å². The molecule has 5 nitrogen and oxygen atoms in total. The standard InChI is InChI=1S/C18H28BrN3O2/c1-18(2,3)24-17(23)22-9-5-6-15(13-22)12-21(4)11-14-7-8-20-16(19)10-14/h7-8,10,15H,5-6,9,11-13H2,1-4H3/t15-/m0/s1. The van der Waals surface area contributed by atoms with Crippen LogP contribution in [0.2, 0.25) is 0 Å². The van der Waals surface area contributed by atoms with Gasteiger partial charge in [-0.05, 0) is 80.2 Å². The van der Waals surface area contributed by atoms with Gasteiger partial charge in [-0.25, -0.2) is 9.78 Å². The molecule has 0 unspecified atom stereocenters. The normalized spacial score (nSPS) is 18.8. The summed E-state index contributed by atoms with van der Waals surface area (Å²) in [6.45, 7) is 9.15. The van der Waals surface area contributed by atoms with Crippen LogP contribution in [-0.4, -0.2) is 53.2 Å². The smallest absolute Gasteiger partial charge is 0.410 e. The molecule has 0 spiro atoms. The van der Waals surface area contributed by atoms with Gasteiger partial charge in [-0.15, -0.1) is 0 Å². The van der Waals surface area contributed by atoms with E-state index in [1.54, 1.807) is 0 Å². The molecule has 6 heteroatoms. The van der Waals surface area contributed by atoms with Crippen molar-refractivity contribution < 1.29 is 9.53 Å². The Morgan fingerprint density at radius 2 is 2.25 bits per heavy atom. The van der Waals surface area contributed by atoms with E-state index in [-0.39, 0.29) is 6.09 Å². The largest absolute Gasteiger partial charge is 0.444 e. The van der Waals surface area contributed by atoms with Crippen molar-refractivity contribution in [1.29, 1.82) is 0 Å². The van der Waals surface area contributed by atoms with Crippen molar-refractivity contribution in [2.24, 2.45) is 5.92 Å². The van der Waals surface area contributed by atoms with E-state index in [2.05, 4.69) is 32.9 Å². The highest BCUT2D eigenvalue weighted by Crippen LogP contribution is 2.21. The van der Waals surface area contributed by atoms with Crippen molar-refractivity contribution in [3.05, 3.63) is 28.5 Å². The van der Waals surface area contributed by atoms with E-state index >= 15 is 0 Å². The molecule has 0 N–H and O–H groups in total. The third-order valence-electron chi connectivity index (χ3n) is 3.98. The zero-order chi connectivity index (χ0) is 17.7. The van der Waals surface area contributed by atoms with E-state index in [9.17, 15) is 4.79 Å². The maximum Gasteiger partial charge on any atom is 0.410 e. The summed E-state index contributed by atoms with van der Waals surface area (Å²) in [4.78, 5) is 20.6. The number of rotatable bonds is 4. The highest BCUT2D eigenvalue weighted by Gasteiger charge is 2.28. The lowest BCUT2D eigenvalue weighted by Gasteiger charge is -2.35. The molecule has 1 aromatic heterocycles. The molecule has 1 fully saturated rings. The predicted octanol–water partition coefficient (Wildman–Crippen LogP) is 3.92. The number of halogens is 1. The summed E-state index contributed by atoms with van der Waals surface area (Å²) >= 11 is 3.41. The maximum absolute atomic E-state index is 12.3. The van der Waals surface area contributed by atoms with Crippen LogP contribution < -0.4 is 0 Å². The molecule has 2 heterocycles. The maximum atomic E-state index is 12.3. The number of likely N-dealkylation sites (tertiary alicyclic amines) is 1. The van der Waals surface area contributed by atoms with Gasteiger partial charge in [0.05, 0.1) is 0 Å². The lowest BCUT2D eigenvalue weighted by molar-refractivity contribution is 0.0148. The summed E-state index contributed by atoms with van der Waals surface area (Å²) in [6.07, 6.45) is 3.83. The van der Waals surface area contributed by atoms with E-state index in [1.165, 1.54) is 5.56 Å². The summed E-state index contributed by atoms with van der Waals surface area (Å²) in [7, 11) is 2.13. The molecule has 1 amide bonds. The fourth-order valence-corrected chi connectivity index (χ4v) is 3.48. The number of ether oxygens (including phenoxy) is 1. The van der Waals surface area contributed by atoms with Crippen molar-refractivity contribution in [2.75, 3.05) is 26.7 Å². The Morgan fingerprint density at radius 1 is 1.50 bits per heavy atom. The van der Waals surface area contributed by atoms with Gasteiger partial charge in [0.2, 0.25) is 0 Å². The van der Waals surface area contributed by atoms with Crippen LogP contribution in [0.4, 0.5) is 4.79 Å². The van der Waals surface area contributed by atoms with Gasteiger partial charge >= 0.3 is 6.09 Å². The van der Waals surface area contributed by atoms with Gasteiger partial charge < -0.3 is 14.5 Å². The number of pyridine rings is 1. The van der Waals surface area contributed by atoms with Crippen molar-refractivity contribution in [3.63, 3.8) is 0 Å². The first kappa shape index (κ1) is 19.2. The highest BCUT2D eigenvalue weighted by atomic mass is 79.9. The summed E-state index contributed by atoms with van der Waals surface area (Å²) in [6, 6.07) is 4.08. The molecule has 0 bridgehead atoms. The average Bonchev–Trinajstić information content (AvgIpc) is 2.45. The van der Waals surface area contributed by atoms with E-state index in [1.807, 2.05) is 44.0 Å². The number of hydrogen-bond acceptors (Lipinski definition) is 4. The van der Waals surface area contributed by atoms with Gasteiger partial charge in [0.1, 0.15) is 10.2 Å². The van der Waals surface area contributed by atoms with Gasteiger partial charge in [-0.2, -0.15) is 0 Å². The molecule has 2 rings (SSSR count).